The number of aryl methyl sites for hydroxylation is 1. The number of nitrogens with two attached hydrogens (primary N) is 1. The molecule has 1 aromatic carbocycles. The molecule has 0 aromatic heterocycles. The predicted molar refractivity (Wildman–Crippen MR) is 82.7 cm³/mol. The topological polar surface area (TPSA) is 38.5 Å². The van der Waals surface area contributed by atoms with Gasteiger partial charge in [-0.25, -0.2) is 0 Å². The van der Waals surface area contributed by atoms with Gasteiger partial charge >= 0.3 is 0 Å². The largest absolute Gasteiger partial charge is 0.496 e. The molecule has 0 bridgehead atoms. The maximum Gasteiger partial charge on any atom is 0.125 e. The molecule has 0 saturated carbocycles. The summed E-state index contributed by atoms with van der Waals surface area (Å²) in [7, 11) is 3.92. The molecule has 0 radical (unpaired) electrons. The van der Waals surface area contributed by atoms with Crippen LogP contribution < -0.4 is 10.5 Å². The summed E-state index contributed by atoms with van der Waals surface area (Å²) in [4.78, 5) is 2.40. The first-order valence-electron chi connectivity index (χ1n) is 6.73. The molecule has 1 fully saturated rings. The van der Waals surface area contributed by atoms with E-state index in [2.05, 4.69) is 47.8 Å². The van der Waals surface area contributed by atoms with Gasteiger partial charge in [-0.2, -0.15) is 0 Å². The summed E-state index contributed by atoms with van der Waals surface area (Å²) in [6.07, 6.45) is 1.12. The van der Waals surface area contributed by atoms with Gasteiger partial charge in [0.15, 0.2) is 0 Å². The van der Waals surface area contributed by atoms with Crippen LogP contribution in [-0.4, -0.2) is 32.1 Å². The van der Waals surface area contributed by atoms with Crippen molar-refractivity contribution in [3.8, 4) is 5.75 Å². The number of methoxy groups -OCH3 is 1. The van der Waals surface area contributed by atoms with E-state index in [1.165, 1.54) is 21.2 Å². The van der Waals surface area contributed by atoms with Crippen molar-refractivity contribution in [3.05, 3.63) is 27.2 Å². The van der Waals surface area contributed by atoms with Crippen LogP contribution in [0.4, 0.5) is 0 Å². The smallest absolute Gasteiger partial charge is 0.125 e. The maximum atomic E-state index is 5.83. The zero-order valence-corrected chi connectivity index (χ0v) is 13.8. The van der Waals surface area contributed by atoms with Gasteiger partial charge in [-0.1, -0.05) is 15.9 Å². The minimum atomic E-state index is 0.428. The van der Waals surface area contributed by atoms with Crippen molar-refractivity contribution in [2.45, 2.75) is 26.3 Å². The first-order chi connectivity index (χ1) is 8.99. The summed E-state index contributed by atoms with van der Waals surface area (Å²) in [5, 5.41) is 0. The molecule has 1 saturated heterocycles. The summed E-state index contributed by atoms with van der Waals surface area (Å²) >= 11 is 3.73. The number of hydrogen-bond acceptors (Lipinski definition) is 3. The highest BCUT2D eigenvalue weighted by molar-refractivity contribution is 9.10. The molecule has 0 spiro atoms. The Morgan fingerprint density at radius 2 is 2.16 bits per heavy atom. The van der Waals surface area contributed by atoms with E-state index in [0.29, 0.717) is 12.0 Å². The third-order valence-electron chi connectivity index (χ3n) is 4.21. The minimum absolute atomic E-state index is 0.428. The lowest BCUT2D eigenvalue weighted by molar-refractivity contribution is 0.310. The van der Waals surface area contributed by atoms with Crippen LogP contribution in [0.5, 0.6) is 5.75 Å². The van der Waals surface area contributed by atoms with Crippen molar-refractivity contribution in [1.29, 1.82) is 0 Å². The van der Waals surface area contributed by atoms with Crippen LogP contribution in [0, 0.1) is 19.8 Å². The Balaban J connectivity index is 2.45. The summed E-state index contributed by atoms with van der Waals surface area (Å²) in [5.41, 5.74) is 9.59. The van der Waals surface area contributed by atoms with Crippen LogP contribution >= 0.6 is 15.9 Å². The molecule has 1 aliphatic rings. The van der Waals surface area contributed by atoms with Crippen molar-refractivity contribution in [2.75, 3.05) is 27.2 Å². The number of ether oxygens (including phenoxy) is 1. The monoisotopic (exact) mass is 326 g/mol. The summed E-state index contributed by atoms with van der Waals surface area (Å²) in [5.74, 6) is 1.59. The van der Waals surface area contributed by atoms with E-state index in [9.17, 15) is 0 Å². The number of nitrogens with zero attached hydrogens (tertiary/aromatic N) is 1. The van der Waals surface area contributed by atoms with Crippen molar-refractivity contribution >= 4 is 15.9 Å². The van der Waals surface area contributed by atoms with Gasteiger partial charge in [-0.15, -0.1) is 0 Å². The average Bonchev–Trinajstić information content (AvgIpc) is 2.71. The highest BCUT2D eigenvalue weighted by Gasteiger charge is 2.32. The molecule has 1 aliphatic heterocycles. The molecule has 19 heavy (non-hydrogen) atoms. The van der Waals surface area contributed by atoms with Crippen LogP contribution in [0.2, 0.25) is 0 Å². The molecule has 2 atom stereocenters. The second kappa shape index (κ2) is 5.81. The molecule has 106 valence electrons. The Labute approximate surface area is 124 Å². The van der Waals surface area contributed by atoms with Crippen LogP contribution in [0.15, 0.2) is 10.5 Å². The summed E-state index contributed by atoms with van der Waals surface area (Å²) in [6, 6.07) is 2.59. The minimum Gasteiger partial charge on any atom is -0.496 e. The Morgan fingerprint density at radius 3 is 2.68 bits per heavy atom. The SMILES string of the molecule is COc1c(C)cc(Br)c(C2CC(CN)CN2C)c1C. The highest BCUT2D eigenvalue weighted by atomic mass is 79.9. The van der Waals surface area contributed by atoms with Gasteiger partial charge in [-0.3, -0.25) is 4.90 Å². The Morgan fingerprint density at radius 1 is 1.47 bits per heavy atom. The van der Waals surface area contributed by atoms with E-state index in [-0.39, 0.29) is 0 Å². The maximum absolute atomic E-state index is 5.83. The van der Waals surface area contributed by atoms with Gasteiger partial charge in [0.2, 0.25) is 0 Å². The van der Waals surface area contributed by atoms with E-state index in [1.807, 2.05) is 0 Å². The normalized spacial score (nSPS) is 23.9. The predicted octanol–water partition coefficient (Wildman–Crippen LogP) is 3.03. The second-order valence-electron chi connectivity index (χ2n) is 5.54. The zero-order chi connectivity index (χ0) is 14.2. The Bertz CT molecular complexity index is 476. The summed E-state index contributed by atoms with van der Waals surface area (Å²) < 4.78 is 6.73. The van der Waals surface area contributed by atoms with E-state index in [0.717, 1.165) is 25.3 Å². The van der Waals surface area contributed by atoms with Gasteiger partial charge in [0, 0.05) is 17.1 Å². The first-order valence-corrected chi connectivity index (χ1v) is 7.52. The van der Waals surface area contributed by atoms with Crippen LogP contribution in [-0.2, 0) is 0 Å². The van der Waals surface area contributed by atoms with E-state index in [4.69, 9.17) is 10.5 Å². The fourth-order valence-corrected chi connectivity index (χ4v) is 4.17. The van der Waals surface area contributed by atoms with Crippen molar-refractivity contribution in [2.24, 2.45) is 11.7 Å². The number of benzene rings is 1. The third kappa shape index (κ3) is 2.67. The molecule has 2 rings (SSSR count). The van der Waals surface area contributed by atoms with Crippen molar-refractivity contribution < 1.29 is 4.74 Å². The quantitative estimate of drug-likeness (QED) is 0.927. The average molecular weight is 327 g/mol. The number of hydrogen-bond donors (Lipinski definition) is 1. The fraction of sp³-hybridized carbons (Fsp3) is 0.600. The first kappa shape index (κ1) is 14.8. The van der Waals surface area contributed by atoms with Crippen LogP contribution in [0.3, 0.4) is 0 Å². The molecule has 2 unspecified atom stereocenters. The lowest BCUT2D eigenvalue weighted by Crippen LogP contribution is -2.21. The van der Waals surface area contributed by atoms with Crippen LogP contribution in [0.25, 0.3) is 0 Å². The number of halogens is 1. The van der Waals surface area contributed by atoms with Gasteiger partial charge in [-0.05, 0) is 62.5 Å². The molecule has 0 aliphatic carbocycles. The fourth-order valence-electron chi connectivity index (χ4n) is 3.27. The molecular formula is C15H23BrN2O. The van der Waals surface area contributed by atoms with Gasteiger partial charge in [0.25, 0.3) is 0 Å². The lowest BCUT2D eigenvalue weighted by atomic mass is 9.94. The van der Waals surface area contributed by atoms with Crippen LogP contribution in [0.1, 0.15) is 29.2 Å². The molecule has 0 amide bonds. The molecule has 1 heterocycles. The van der Waals surface area contributed by atoms with Gasteiger partial charge in [0.05, 0.1) is 7.11 Å². The molecule has 2 N–H and O–H groups in total. The Kier molecular flexibility index (Phi) is 4.54. The van der Waals surface area contributed by atoms with Crippen molar-refractivity contribution in [3.63, 3.8) is 0 Å². The van der Waals surface area contributed by atoms with E-state index in [1.54, 1.807) is 7.11 Å². The van der Waals surface area contributed by atoms with Gasteiger partial charge < -0.3 is 10.5 Å². The molecule has 1 aromatic rings. The Hall–Kier alpha value is -0.580. The van der Waals surface area contributed by atoms with Gasteiger partial charge in [0.1, 0.15) is 5.75 Å². The second-order valence-corrected chi connectivity index (χ2v) is 6.39. The number of rotatable bonds is 3. The summed E-state index contributed by atoms with van der Waals surface area (Å²) in [6.45, 7) is 6.07. The standard InChI is InChI=1S/C15H23BrN2O/c1-9-5-12(16)14(10(2)15(9)19-4)13-6-11(7-17)8-18(13)3/h5,11,13H,6-8,17H2,1-4H3. The lowest BCUT2D eigenvalue weighted by Gasteiger charge is -2.25. The zero-order valence-electron chi connectivity index (χ0n) is 12.2. The molecule has 4 heteroatoms. The van der Waals surface area contributed by atoms with E-state index < -0.39 is 0 Å². The molecular weight excluding hydrogens is 304 g/mol. The number of likely N-dealkylation sites (tertiary alicyclic amines) is 1. The highest BCUT2D eigenvalue weighted by Crippen LogP contribution is 2.42. The van der Waals surface area contributed by atoms with E-state index >= 15 is 0 Å². The third-order valence-corrected chi connectivity index (χ3v) is 4.86. The molecule has 3 nitrogen and oxygen atoms in total. The van der Waals surface area contributed by atoms with Crippen molar-refractivity contribution in [1.82, 2.24) is 4.90 Å².